The third kappa shape index (κ3) is 1.52. The second-order valence-electron chi connectivity index (χ2n) is 2.85. The normalized spacial score (nSPS) is 10.1. The van der Waals surface area contributed by atoms with Crippen molar-refractivity contribution >= 4 is 5.82 Å². The standard InChI is InChI=1S/C9H9N5/c1-6-9(10)13-4-8(14-6)7-2-11-5-12-3-7/h2-5H,1H3,(H2,10,13). The maximum absolute atomic E-state index is 5.56. The third-order valence-corrected chi connectivity index (χ3v) is 1.84. The van der Waals surface area contributed by atoms with E-state index in [0.29, 0.717) is 11.5 Å². The van der Waals surface area contributed by atoms with E-state index in [1.165, 1.54) is 6.33 Å². The lowest BCUT2D eigenvalue weighted by atomic mass is 10.2. The zero-order chi connectivity index (χ0) is 9.97. The van der Waals surface area contributed by atoms with E-state index in [4.69, 9.17) is 5.73 Å². The SMILES string of the molecule is Cc1nc(-c2cncnc2)cnc1N. The molecule has 0 aliphatic rings. The Labute approximate surface area is 81.1 Å². The highest BCUT2D eigenvalue weighted by Gasteiger charge is 2.02. The number of aromatic nitrogens is 4. The predicted molar refractivity (Wildman–Crippen MR) is 52.2 cm³/mol. The van der Waals surface area contributed by atoms with Gasteiger partial charge >= 0.3 is 0 Å². The van der Waals surface area contributed by atoms with Crippen LogP contribution in [-0.2, 0) is 0 Å². The minimum Gasteiger partial charge on any atom is -0.382 e. The van der Waals surface area contributed by atoms with Crippen molar-refractivity contribution in [3.63, 3.8) is 0 Å². The number of nitrogens with two attached hydrogens (primary N) is 1. The second-order valence-corrected chi connectivity index (χ2v) is 2.85. The number of nitrogen functional groups attached to an aromatic ring is 1. The van der Waals surface area contributed by atoms with Gasteiger partial charge in [0.15, 0.2) is 0 Å². The molecule has 0 aromatic carbocycles. The Morgan fingerprint density at radius 2 is 1.86 bits per heavy atom. The van der Waals surface area contributed by atoms with E-state index in [9.17, 15) is 0 Å². The summed E-state index contributed by atoms with van der Waals surface area (Å²) in [5.74, 6) is 0.450. The Bertz CT molecular complexity index is 440. The topological polar surface area (TPSA) is 77.6 Å². The van der Waals surface area contributed by atoms with E-state index < -0.39 is 0 Å². The minimum absolute atomic E-state index is 0.450. The van der Waals surface area contributed by atoms with Gasteiger partial charge in [-0.1, -0.05) is 0 Å². The number of hydrogen-bond donors (Lipinski definition) is 1. The first-order valence-corrected chi connectivity index (χ1v) is 4.12. The maximum atomic E-state index is 5.56. The van der Waals surface area contributed by atoms with E-state index >= 15 is 0 Å². The molecule has 2 N–H and O–H groups in total. The molecule has 0 saturated carbocycles. The third-order valence-electron chi connectivity index (χ3n) is 1.84. The molecule has 0 aliphatic carbocycles. The summed E-state index contributed by atoms with van der Waals surface area (Å²) in [4.78, 5) is 16.1. The largest absolute Gasteiger partial charge is 0.382 e. The zero-order valence-electron chi connectivity index (χ0n) is 7.68. The average Bonchev–Trinajstić information content (AvgIpc) is 2.23. The van der Waals surface area contributed by atoms with Gasteiger partial charge in [-0.05, 0) is 6.92 Å². The van der Waals surface area contributed by atoms with E-state index in [-0.39, 0.29) is 0 Å². The van der Waals surface area contributed by atoms with Crippen molar-refractivity contribution in [1.29, 1.82) is 0 Å². The first-order chi connectivity index (χ1) is 6.77. The van der Waals surface area contributed by atoms with Gasteiger partial charge in [-0.25, -0.2) is 19.9 Å². The summed E-state index contributed by atoms with van der Waals surface area (Å²) in [6.07, 6.45) is 6.46. The van der Waals surface area contributed by atoms with Crippen molar-refractivity contribution in [3.8, 4) is 11.3 Å². The Morgan fingerprint density at radius 1 is 1.14 bits per heavy atom. The molecule has 2 aromatic heterocycles. The van der Waals surface area contributed by atoms with Gasteiger partial charge in [0.25, 0.3) is 0 Å². The molecule has 0 unspecified atom stereocenters. The van der Waals surface area contributed by atoms with Crippen molar-refractivity contribution in [2.75, 3.05) is 5.73 Å². The molecular weight excluding hydrogens is 178 g/mol. The van der Waals surface area contributed by atoms with Crippen molar-refractivity contribution in [2.45, 2.75) is 6.92 Å². The molecule has 2 rings (SSSR count). The molecule has 2 heterocycles. The summed E-state index contributed by atoms with van der Waals surface area (Å²) >= 11 is 0. The van der Waals surface area contributed by atoms with Crippen molar-refractivity contribution in [1.82, 2.24) is 19.9 Å². The highest BCUT2D eigenvalue weighted by molar-refractivity contribution is 5.56. The molecule has 0 saturated heterocycles. The number of hydrogen-bond acceptors (Lipinski definition) is 5. The highest BCUT2D eigenvalue weighted by Crippen LogP contribution is 2.15. The molecule has 2 aromatic rings. The summed E-state index contributed by atoms with van der Waals surface area (Å²) in [6.45, 7) is 1.82. The molecule has 0 bridgehead atoms. The van der Waals surface area contributed by atoms with E-state index in [1.807, 2.05) is 6.92 Å². The van der Waals surface area contributed by atoms with Crippen LogP contribution in [0.1, 0.15) is 5.69 Å². The van der Waals surface area contributed by atoms with Crippen LogP contribution in [0.5, 0.6) is 0 Å². The first kappa shape index (κ1) is 8.55. The van der Waals surface area contributed by atoms with Crippen LogP contribution in [0.15, 0.2) is 24.9 Å². The van der Waals surface area contributed by atoms with Gasteiger partial charge in [0.2, 0.25) is 0 Å². The quantitative estimate of drug-likeness (QED) is 0.715. The van der Waals surface area contributed by atoms with Crippen LogP contribution in [0.4, 0.5) is 5.82 Å². The van der Waals surface area contributed by atoms with Crippen molar-refractivity contribution in [2.24, 2.45) is 0 Å². The number of aryl methyl sites for hydroxylation is 1. The molecule has 0 amide bonds. The smallest absolute Gasteiger partial charge is 0.144 e. The van der Waals surface area contributed by atoms with Crippen LogP contribution in [0.25, 0.3) is 11.3 Å². The molecule has 5 nitrogen and oxygen atoms in total. The fourth-order valence-corrected chi connectivity index (χ4v) is 1.06. The average molecular weight is 187 g/mol. The number of rotatable bonds is 1. The fourth-order valence-electron chi connectivity index (χ4n) is 1.06. The molecule has 14 heavy (non-hydrogen) atoms. The Morgan fingerprint density at radius 3 is 2.50 bits per heavy atom. The molecule has 0 fully saturated rings. The van der Waals surface area contributed by atoms with Crippen LogP contribution in [0.2, 0.25) is 0 Å². The Hall–Kier alpha value is -2.04. The highest BCUT2D eigenvalue weighted by atomic mass is 14.9. The van der Waals surface area contributed by atoms with Crippen LogP contribution in [-0.4, -0.2) is 19.9 Å². The molecule has 0 aliphatic heterocycles. The fraction of sp³-hybridized carbons (Fsp3) is 0.111. The van der Waals surface area contributed by atoms with Gasteiger partial charge in [0.05, 0.1) is 17.6 Å². The lowest BCUT2D eigenvalue weighted by Crippen LogP contribution is -1.98. The van der Waals surface area contributed by atoms with Crippen LogP contribution >= 0.6 is 0 Å². The van der Waals surface area contributed by atoms with Crippen LogP contribution in [0, 0.1) is 6.92 Å². The Balaban J connectivity index is 2.48. The van der Waals surface area contributed by atoms with Gasteiger partial charge in [-0.2, -0.15) is 0 Å². The summed E-state index contributed by atoms with van der Waals surface area (Å²) in [7, 11) is 0. The van der Waals surface area contributed by atoms with Crippen LogP contribution < -0.4 is 5.73 Å². The number of nitrogens with zero attached hydrogens (tertiary/aromatic N) is 4. The summed E-state index contributed by atoms with van der Waals surface area (Å²) < 4.78 is 0. The molecular formula is C9H9N5. The minimum atomic E-state index is 0.450. The molecule has 0 atom stereocenters. The first-order valence-electron chi connectivity index (χ1n) is 4.12. The van der Waals surface area contributed by atoms with E-state index in [1.54, 1.807) is 18.6 Å². The summed E-state index contributed by atoms with van der Waals surface area (Å²) in [6, 6.07) is 0. The predicted octanol–water partition coefficient (Wildman–Crippen LogP) is 0.824. The van der Waals surface area contributed by atoms with Gasteiger partial charge in [0, 0.05) is 18.0 Å². The molecule has 0 spiro atoms. The van der Waals surface area contributed by atoms with Gasteiger partial charge in [-0.3, -0.25) is 0 Å². The molecule has 5 heteroatoms. The van der Waals surface area contributed by atoms with Gasteiger partial charge in [0.1, 0.15) is 12.1 Å². The van der Waals surface area contributed by atoms with E-state index in [0.717, 1.165) is 11.3 Å². The summed E-state index contributed by atoms with van der Waals surface area (Å²) in [5.41, 5.74) is 7.85. The van der Waals surface area contributed by atoms with Crippen LogP contribution in [0.3, 0.4) is 0 Å². The van der Waals surface area contributed by atoms with E-state index in [2.05, 4.69) is 19.9 Å². The Kier molecular flexibility index (Phi) is 2.06. The maximum Gasteiger partial charge on any atom is 0.144 e. The van der Waals surface area contributed by atoms with Gasteiger partial charge < -0.3 is 5.73 Å². The van der Waals surface area contributed by atoms with Crippen molar-refractivity contribution < 1.29 is 0 Å². The summed E-state index contributed by atoms with van der Waals surface area (Å²) in [5, 5.41) is 0. The molecule has 0 radical (unpaired) electrons. The second kappa shape index (κ2) is 3.37. The monoisotopic (exact) mass is 187 g/mol. The lowest BCUT2D eigenvalue weighted by Gasteiger charge is -2.01. The zero-order valence-corrected chi connectivity index (χ0v) is 7.68. The van der Waals surface area contributed by atoms with Crippen molar-refractivity contribution in [3.05, 3.63) is 30.6 Å². The molecule has 70 valence electrons. The van der Waals surface area contributed by atoms with Gasteiger partial charge in [-0.15, -0.1) is 0 Å². The lowest BCUT2D eigenvalue weighted by molar-refractivity contribution is 1.11. The number of anilines is 1.